The van der Waals surface area contributed by atoms with E-state index in [0.717, 1.165) is 38.9 Å². The lowest BCUT2D eigenvalue weighted by Gasteiger charge is -2.09. The second kappa shape index (κ2) is 6.61. The van der Waals surface area contributed by atoms with Gasteiger partial charge in [0, 0.05) is 22.8 Å². The quantitative estimate of drug-likeness (QED) is 0.392. The smallest absolute Gasteiger partial charge is 0.189 e. The molecule has 0 saturated heterocycles. The van der Waals surface area contributed by atoms with Crippen molar-refractivity contribution in [3.05, 3.63) is 66.9 Å². The van der Waals surface area contributed by atoms with Crippen molar-refractivity contribution < 1.29 is 4.74 Å². The number of aromatic nitrogens is 3. The monoisotopic (exact) mass is 347 g/mol. The Bertz CT molecular complexity index is 1010. The number of ether oxygens (including phenoxy) is 1. The van der Waals surface area contributed by atoms with Gasteiger partial charge in [-0.05, 0) is 48.7 Å². The molecule has 2 heterocycles. The Kier molecular flexibility index (Phi) is 4.15. The first-order valence-corrected chi connectivity index (χ1v) is 9.15. The van der Waals surface area contributed by atoms with Crippen molar-refractivity contribution >= 4 is 22.8 Å². The summed E-state index contributed by atoms with van der Waals surface area (Å²) in [6, 6.07) is 20.3. The standard InChI is InChI=1S/C20H17N3OS/c1-24-16-10-8-14(9-11-16)18-17-12-13-23(15-6-4-3-5-7-15)19(17)22-20(21-18)25-2/h3-13H,1-2H3. The Morgan fingerprint density at radius 1 is 0.920 bits per heavy atom. The van der Waals surface area contributed by atoms with Crippen molar-refractivity contribution in [3.63, 3.8) is 0 Å². The van der Waals surface area contributed by atoms with Crippen LogP contribution in [0.4, 0.5) is 0 Å². The zero-order valence-corrected chi connectivity index (χ0v) is 14.8. The highest BCUT2D eigenvalue weighted by atomic mass is 32.2. The molecule has 0 aliphatic rings. The van der Waals surface area contributed by atoms with Gasteiger partial charge in [-0.25, -0.2) is 9.97 Å². The van der Waals surface area contributed by atoms with Gasteiger partial charge in [0.2, 0.25) is 0 Å². The molecule has 4 nitrogen and oxygen atoms in total. The molecule has 124 valence electrons. The summed E-state index contributed by atoms with van der Waals surface area (Å²) in [5.74, 6) is 0.834. The number of fused-ring (bicyclic) bond motifs is 1. The van der Waals surface area contributed by atoms with Crippen LogP contribution in [0.1, 0.15) is 0 Å². The van der Waals surface area contributed by atoms with Gasteiger partial charge in [0.05, 0.1) is 12.8 Å². The fourth-order valence-corrected chi connectivity index (χ4v) is 3.21. The van der Waals surface area contributed by atoms with Crippen molar-refractivity contribution in [1.29, 1.82) is 0 Å². The summed E-state index contributed by atoms with van der Waals surface area (Å²) in [6.07, 6.45) is 4.04. The lowest BCUT2D eigenvalue weighted by atomic mass is 10.1. The predicted octanol–water partition coefficient (Wildman–Crippen LogP) is 4.82. The number of hydrogen-bond donors (Lipinski definition) is 0. The molecule has 0 unspecified atom stereocenters. The number of benzene rings is 2. The third-order valence-electron chi connectivity index (χ3n) is 4.10. The average Bonchev–Trinajstić information content (AvgIpc) is 3.12. The first kappa shape index (κ1) is 15.7. The third kappa shape index (κ3) is 2.87. The summed E-state index contributed by atoms with van der Waals surface area (Å²) >= 11 is 1.55. The minimum absolute atomic E-state index is 0.759. The van der Waals surface area contributed by atoms with E-state index in [1.54, 1.807) is 18.9 Å². The molecular weight excluding hydrogens is 330 g/mol. The summed E-state index contributed by atoms with van der Waals surface area (Å²) < 4.78 is 7.36. The maximum atomic E-state index is 5.26. The summed E-state index contributed by atoms with van der Waals surface area (Å²) in [4.78, 5) is 9.49. The molecule has 0 N–H and O–H groups in total. The summed E-state index contributed by atoms with van der Waals surface area (Å²) in [7, 11) is 1.67. The molecule has 0 fully saturated rings. The molecule has 0 amide bonds. The molecule has 0 spiro atoms. The van der Waals surface area contributed by atoms with Gasteiger partial charge in [0.15, 0.2) is 5.16 Å². The first-order chi connectivity index (χ1) is 12.3. The van der Waals surface area contributed by atoms with E-state index in [1.807, 2.05) is 54.9 Å². The largest absolute Gasteiger partial charge is 0.497 e. The van der Waals surface area contributed by atoms with Crippen molar-refractivity contribution in [2.45, 2.75) is 5.16 Å². The number of thioether (sulfide) groups is 1. The molecule has 0 bridgehead atoms. The molecule has 0 aliphatic carbocycles. The lowest BCUT2D eigenvalue weighted by Crippen LogP contribution is -1.97. The highest BCUT2D eigenvalue weighted by Crippen LogP contribution is 2.31. The van der Waals surface area contributed by atoms with Crippen molar-refractivity contribution in [2.24, 2.45) is 0 Å². The van der Waals surface area contributed by atoms with Gasteiger partial charge in [0.25, 0.3) is 0 Å². The number of rotatable bonds is 4. The van der Waals surface area contributed by atoms with Crippen LogP contribution >= 0.6 is 11.8 Å². The van der Waals surface area contributed by atoms with Crippen LogP contribution in [0, 0.1) is 0 Å². The van der Waals surface area contributed by atoms with Crippen LogP contribution in [0.5, 0.6) is 5.75 Å². The predicted molar refractivity (Wildman–Crippen MR) is 103 cm³/mol. The minimum Gasteiger partial charge on any atom is -0.497 e. The van der Waals surface area contributed by atoms with E-state index in [2.05, 4.69) is 22.8 Å². The van der Waals surface area contributed by atoms with Gasteiger partial charge in [-0.2, -0.15) is 0 Å². The molecule has 0 radical (unpaired) electrons. The molecule has 4 rings (SSSR count). The molecule has 5 heteroatoms. The fraction of sp³-hybridized carbons (Fsp3) is 0.100. The Labute approximate surface area is 150 Å². The van der Waals surface area contributed by atoms with Gasteiger partial charge in [0.1, 0.15) is 11.4 Å². The molecule has 2 aromatic heterocycles. The Balaban J connectivity index is 1.94. The summed E-state index contributed by atoms with van der Waals surface area (Å²) in [6.45, 7) is 0. The number of nitrogens with zero attached hydrogens (tertiary/aromatic N) is 3. The molecule has 0 atom stereocenters. The van der Waals surface area contributed by atoms with Crippen LogP contribution in [0.3, 0.4) is 0 Å². The van der Waals surface area contributed by atoms with Gasteiger partial charge < -0.3 is 9.30 Å². The second-order valence-corrected chi connectivity index (χ2v) is 6.32. The van der Waals surface area contributed by atoms with Gasteiger partial charge in [-0.15, -0.1) is 0 Å². The molecule has 0 saturated carbocycles. The van der Waals surface area contributed by atoms with Crippen LogP contribution in [-0.4, -0.2) is 27.9 Å². The molecule has 25 heavy (non-hydrogen) atoms. The van der Waals surface area contributed by atoms with E-state index in [4.69, 9.17) is 14.7 Å². The van der Waals surface area contributed by atoms with E-state index < -0.39 is 0 Å². The molecule has 2 aromatic carbocycles. The SMILES string of the molecule is COc1ccc(-c2nc(SC)nc3c2ccn3-c2ccccc2)cc1. The molecule has 0 aliphatic heterocycles. The summed E-state index contributed by atoms with van der Waals surface area (Å²) in [5.41, 5.74) is 3.99. The minimum atomic E-state index is 0.759. The van der Waals surface area contributed by atoms with Gasteiger partial charge in [-0.3, -0.25) is 0 Å². The molecular formula is C20H17N3OS. The Hall–Kier alpha value is -2.79. The number of para-hydroxylation sites is 1. The number of methoxy groups -OCH3 is 1. The van der Waals surface area contributed by atoms with Gasteiger partial charge in [-0.1, -0.05) is 30.0 Å². The highest BCUT2D eigenvalue weighted by molar-refractivity contribution is 7.98. The van der Waals surface area contributed by atoms with Crippen molar-refractivity contribution in [3.8, 4) is 22.7 Å². The van der Waals surface area contributed by atoms with Crippen LogP contribution in [-0.2, 0) is 0 Å². The van der Waals surface area contributed by atoms with Crippen molar-refractivity contribution in [1.82, 2.24) is 14.5 Å². The zero-order chi connectivity index (χ0) is 17.2. The zero-order valence-electron chi connectivity index (χ0n) is 14.0. The van der Waals surface area contributed by atoms with E-state index in [0.29, 0.717) is 0 Å². The third-order valence-corrected chi connectivity index (χ3v) is 4.65. The van der Waals surface area contributed by atoms with E-state index in [-0.39, 0.29) is 0 Å². The maximum absolute atomic E-state index is 5.26. The molecule has 4 aromatic rings. The first-order valence-electron chi connectivity index (χ1n) is 7.93. The Morgan fingerprint density at radius 2 is 1.68 bits per heavy atom. The second-order valence-electron chi connectivity index (χ2n) is 5.55. The van der Waals surface area contributed by atoms with Gasteiger partial charge >= 0.3 is 0 Å². The lowest BCUT2D eigenvalue weighted by molar-refractivity contribution is 0.415. The van der Waals surface area contributed by atoms with E-state index in [1.165, 1.54) is 0 Å². The Morgan fingerprint density at radius 3 is 2.36 bits per heavy atom. The topological polar surface area (TPSA) is 39.9 Å². The van der Waals surface area contributed by atoms with Crippen molar-refractivity contribution in [2.75, 3.05) is 13.4 Å². The van der Waals surface area contributed by atoms with Crippen LogP contribution in [0.25, 0.3) is 28.0 Å². The van der Waals surface area contributed by atoms with E-state index >= 15 is 0 Å². The summed E-state index contributed by atoms with van der Waals surface area (Å²) in [5, 5.41) is 1.79. The average molecular weight is 347 g/mol. The van der Waals surface area contributed by atoms with E-state index in [9.17, 15) is 0 Å². The number of hydrogen-bond acceptors (Lipinski definition) is 4. The van der Waals surface area contributed by atoms with Crippen LogP contribution in [0.15, 0.2) is 72.0 Å². The van der Waals surface area contributed by atoms with Crippen LogP contribution in [0.2, 0.25) is 0 Å². The fourth-order valence-electron chi connectivity index (χ4n) is 2.85. The maximum Gasteiger partial charge on any atom is 0.189 e. The highest BCUT2D eigenvalue weighted by Gasteiger charge is 2.14. The normalized spacial score (nSPS) is 11.0. The van der Waals surface area contributed by atoms with Crippen LogP contribution < -0.4 is 4.74 Å².